The van der Waals surface area contributed by atoms with Gasteiger partial charge in [0.2, 0.25) is 0 Å². The molecule has 0 saturated heterocycles. The van der Waals surface area contributed by atoms with E-state index in [0.717, 1.165) is 16.5 Å². The SMILES string of the molecule is CCC(=O)c1ccc2c(cnn2Cc2ccc(F)cc2)c1. The summed E-state index contributed by atoms with van der Waals surface area (Å²) in [6.45, 7) is 2.43. The molecule has 0 unspecified atom stereocenters. The van der Waals surface area contributed by atoms with Gasteiger partial charge < -0.3 is 0 Å². The maximum Gasteiger partial charge on any atom is 0.162 e. The Morgan fingerprint density at radius 3 is 2.67 bits per heavy atom. The summed E-state index contributed by atoms with van der Waals surface area (Å²) < 4.78 is 14.8. The Kier molecular flexibility index (Phi) is 3.52. The van der Waals surface area contributed by atoms with Crippen molar-refractivity contribution in [1.29, 1.82) is 0 Å². The van der Waals surface area contributed by atoms with Gasteiger partial charge in [-0.15, -0.1) is 0 Å². The fourth-order valence-electron chi connectivity index (χ4n) is 2.35. The molecule has 0 fully saturated rings. The van der Waals surface area contributed by atoms with Crippen LogP contribution in [-0.2, 0) is 6.54 Å². The average Bonchev–Trinajstić information content (AvgIpc) is 2.91. The van der Waals surface area contributed by atoms with Crippen molar-refractivity contribution in [2.24, 2.45) is 0 Å². The molecule has 0 aliphatic heterocycles. The minimum Gasteiger partial charge on any atom is -0.294 e. The van der Waals surface area contributed by atoms with Crippen molar-refractivity contribution in [3.05, 3.63) is 65.6 Å². The van der Waals surface area contributed by atoms with E-state index in [1.807, 2.05) is 29.8 Å². The first-order valence-corrected chi connectivity index (χ1v) is 6.90. The standard InChI is InChI=1S/C17H15FN2O/c1-2-17(21)13-5-8-16-14(9-13)10-19-20(16)11-12-3-6-15(18)7-4-12/h3-10H,2,11H2,1H3. The largest absolute Gasteiger partial charge is 0.294 e. The van der Waals surface area contributed by atoms with Crippen molar-refractivity contribution >= 4 is 16.7 Å². The van der Waals surface area contributed by atoms with Crippen molar-refractivity contribution in [3.63, 3.8) is 0 Å². The number of halogens is 1. The summed E-state index contributed by atoms with van der Waals surface area (Å²) in [5.41, 5.74) is 2.66. The van der Waals surface area contributed by atoms with Crippen LogP contribution < -0.4 is 0 Å². The van der Waals surface area contributed by atoms with Gasteiger partial charge in [-0.2, -0.15) is 5.10 Å². The number of Topliss-reactive ketones (excluding diaryl/α,β-unsaturated/α-hetero) is 1. The van der Waals surface area contributed by atoms with Crippen molar-refractivity contribution in [3.8, 4) is 0 Å². The predicted molar refractivity (Wildman–Crippen MR) is 79.9 cm³/mol. The van der Waals surface area contributed by atoms with Crippen molar-refractivity contribution in [2.75, 3.05) is 0 Å². The highest BCUT2D eigenvalue weighted by molar-refractivity contribution is 5.99. The molecule has 2 aromatic carbocycles. The van der Waals surface area contributed by atoms with Gasteiger partial charge in [-0.3, -0.25) is 9.48 Å². The Labute approximate surface area is 122 Å². The van der Waals surface area contributed by atoms with Crippen LogP contribution in [0, 0.1) is 5.82 Å². The Balaban J connectivity index is 1.93. The van der Waals surface area contributed by atoms with E-state index in [9.17, 15) is 9.18 Å². The van der Waals surface area contributed by atoms with E-state index in [0.29, 0.717) is 18.5 Å². The van der Waals surface area contributed by atoms with Gasteiger partial charge in [-0.1, -0.05) is 19.1 Å². The van der Waals surface area contributed by atoms with Crippen LogP contribution in [0.3, 0.4) is 0 Å². The zero-order valence-corrected chi connectivity index (χ0v) is 11.7. The lowest BCUT2D eigenvalue weighted by Gasteiger charge is -2.05. The van der Waals surface area contributed by atoms with Crippen LogP contribution in [0.15, 0.2) is 48.7 Å². The monoisotopic (exact) mass is 282 g/mol. The molecule has 4 heteroatoms. The molecule has 3 rings (SSSR count). The van der Waals surface area contributed by atoms with Crippen LogP contribution in [0.5, 0.6) is 0 Å². The molecule has 0 amide bonds. The van der Waals surface area contributed by atoms with Gasteiger partial charge in [0.05, 0.1) is 18.3 Å². The van der Waals surface area contributed by atoms with Crippen molar-refractivity contribution < 1.29 is 9.18 Å². The number of benzene rings is 2. The quantitative estimate of drug-likeness (QED) is 0.682. The van der Waals surface area contributed by atoms with Gasteiger partial charge in [-0.25, -0.2) is 4.39 Å². The molecule has 0 aliphatic carbocycles. The Morgan fingerprint density at radius 2 is 1.95 bits per heavy atom. The summed E-state index contributed by atoms with van der Waals surface area (Å²) in [6, 6.07) is 12.0. The number of hydrogen-bond acceptors (Lipinski definition) is 2. The third-order valence-corrected chi connectivity index (χ3v) is 3.53. The summed E-state index contributed by atoms with van der Waals surface area (Å²) in [5.74, 6) is -0.116. The molecule has 3 aromatic rings. The van der Waals surface area contributed by atoms with Crippen molar-refractivity contribution in [2.45, 2.75) is 19.9 Å². The minimum absolute atomic E-state index is 0.128. The first kappa shape index (κ1) is 13.5. The number of rotatable bonds is 4. The number of carbonyl (C=O) groups is 1. The van der Waals surface area contributed by atoms with Gasteiger partial charge in [0, 0.05) is 17.4 Å². The fraction of sp³-hybridized carbons (Fsp3) is 0.176. The fourth-order valence-corrected chi connectivity index (χ4v) is 2.35. The second-order valence-corrected chi connectivity index (χ2v) is 4.98. The molecule has 0 bridgehead atoms. The topological polar surface area (TPSA) is 34.9 Å². The molecule has 0 spiro atoms. The highest BCUT2D eigenvalue weighted by atomic mass is 19.1. The van der Waals surface area contributed by atoms with Gasteiger partial charge in [-0.05, 0) is 35.9 Å². The third kappa shape index (κ3) is 2.70. The Hall–Kier alpha value is -2.49. The van der Waals surface area contributed by atoms with Gasteiger partial charge in [0.25, 0.3) is 0 Å². The first-order valence-electron chi connectivity index (χ1n) is 6.90. The maximum atomic E-state index is 12.9. The van der Waals surface area contributed by atoms with Crippen LogP contribution in [0.25, 0.3) is 10.9 Å². The second kappa shape index (κ2) is 5.48. The summed E-state index contributed by atoms with van der Waals surface area (Å²) in [7, 11) is 0. The van der Waals surface area contributed by atoms with Crippen LogP contribution in [-0.4, -0.2) is 15.6 Å². The van der Waals surface area contributed by atoms with Gasteiger partial charge >= 0.3 is 0 Å². The predicted octanol–water partition coefficient (Wildman–Crippen LogP) is 3.82. The van der Waals surface area contributed by atoms with Gasteiger partial charge in [0.15, 0.2) is 5.78 Å². The van der Waals surface area contributed by atoms with Crippen LogP contribution in [0.2, 0.25) is 0 Å². The first-order chi connectivity index (χ1) is 10.2. The van der Waals surface area contributed by atoms with Crippen LogP contribution in [0.1, 0.15) is 29.3 Å². The maximum absolute atomic E-state index is 12.9. The lowest BCUT2D eigenvalue weighted by Crippen LogP contribution is -2.02. The number of ketones is 1. The third-order valence-electron chi connectivity index (χ3n) is 3.53. The normalized spacial score (nSPS) is 11.0. The van der Waals surface area contributed by atoms with Crippen LogP contribution >= 0.6 is 0 Å². The molecular formula is C17H15FN2O. The smallest absolute Gasteiger partial charge is 0.162 e. The lowest BCUT2D eigenvalue weighted by atomic mass is 10.1. The van der Waals surface area contributed by atoms with E-state index in [-0.39, 0.29) is 11.6 Å². The molecule has 21 heavy (non-hydrogen) atoms. The number of hydrogen-bond donors (Lipinski definition) is 0. The molecule has 0 aliphatic rings. The average molecular weight is 282 g/mol. The highest BCUT2D eigenvalue weighted by Crippen LogP contribution is 2.18. The molecule has 106 valence electrons. The van der Waals surface area contributed by atoms with Gasteiger partial charge in [0.1, 0.15) is 5.82 Å². The van der Waals surface area contributed by atoms with Crippen LogP contribution in [0.4, 0.5) is 4.39 Å². The summed E-state index contributed by atoms with van der Waals surface area (Å²) in [5, 5.41) is 5.29. The molecule has 0 radical (unpaired) electrons. The van der Waals surface area contributed by atoms with E-state index in [1.54, 1.807) is 18.3 Å². The van der Waals surface area contributed by atoms with E-state index in [4.69, 9.17) is 0 Å². The summed E-state index contributed by atoms with van der Waals surface area (Å²) >= 11 is 0. The molecule has 1 heterocycles. The summed E-state index contributed by atoms with van der Waals surface area (Å²) in [6.07, 6.45) is 2.25. The highest BCUT2D eigenvalue weighted by Gasteiger charge is 2.08. The van der Waals surface area contributed by atoms with E-state index < -0.39 is 0 Å². The zero-order valence-electron chi connectivity index (χ0n) is 11.7. The lowest BCUT2D eigenvalue weighted by molar-refractivity contribution is 0.0988. The van der Waals surface area contributed by atoms with E-state index >= 15 is 0 Å². The number of nitrogens with zero attached hydrogens (tertiary/aromatic N) is 2. The minimum atomic E-state index is -0.244. The molecular weight excluding hydrogens is 267 g/mol. The molecule has 0 N–H and O–H groups in total. The second-order valence-electron chi connectivity index (χ2n) is 4.98. The Morgan fingerprint density at radius 1 is 1.19 bits per heavy atom. The number of aromatic nitrogens is 2. The molecule has 3 nitrogen and oxygen atoms in total. The van der Waals surface area contributed by atoms with E-state index in [1.165, 1.54) is 12.1 Å². The van der Waals surface area contributed by atoms with Crippen molar-refractivity contribution in [1.82, 2.24) is 9.78 Å². The number of carbonyl (C=O) groups excluding carboxylic acids is 1. The number of fused-ring (bicyclic) bond motifs is 1. The van der Waals surface area contributed by atoms with E-state index in [2.05, 4.69) is 5.10 Å². The zero-order chi connectivity index (χ0) is 14.8. The molecule has 0 saturated carbocycles. The molecule has 0 atom stereocenters. The molecule has 1 aromatic heterocycles. The Bertz CT molecular complexity index is 790. The summed E-state index contributed by atoms with van der Waals surface area (Å²) in [4.78, 5) is 11.7.